The molecular formula is C14H19BrN2O3. The first-order chi connectivity index (χ1) is 9.70. The van der Waals surface area contributed by atoms with Crippen molar-refractivity contribution in [3.05, 3.63) is 28.2 Å². The van der Waals surface area contributed by atoms with Gasteiger partial charge in [-0.2, -0.15) is 0 Å². The second kappa shape index (κ2) is 7.61. The van der Waals surface area contributed by atoms with Crippen molar-refractivity contribution in [2.24, 2.45) is 0 Å². The van der Waals surface area contributed by atoms with E-state index < -0.39 is 0 Å². The summed E-state index contributed by atoms with van der Waals surface area (Å²) in [5.74, 6) is 0.464. The monoisotopic (exact) mass is 342 g/mol. The van der Waals surface area contributed by atoms with Gasteiger partial charge in [0.25, 0.3) is 5.91 Å². The molecule has 2 rings (SSSR count). The molecule has 5 nitrogen and oxygen atoms in total. The van der Waals surface area contributed by atoms with Gasteiger partial charge in [0.05, 0.1) is 25.9 Å². The molecule has 0 spiro atoms. The minimum absolute atomic E-state index is 0.109. The number of morpholine rings is 1. The molecule has 1 aromatic rings. The number of nitrogens with zero attached hydrogens (tertiary/aromatic N) is 1. The fourth-order valence-corrected chi connectivity index (χ4v) is 2.44. The maximum atomic E-state index is 12.1. The van der Waals surface area contributed by atoms with Crippen LogP contribution in [0.15, 0.2) is 22.7 Å². The number of halogens is 1. The number of nitrogens with one attached hydrogen (secondary N) is 1. The predicted molar refractivity (Wildman–Crippen MR) is 80.3 cm³/mol. The fourth-order valence-electron chi connectivity index (χ4n) is 2.10. The van der Waals surface area contributed by atoms with E-state index in [0.29, 0.717) is 17.9 Å². The summed E-state index contributed by atoms with van der Waals surface area (Å²) in [6.07, 6.45) is 0. The summed E-state index contributed by atoms with van der Waals surface area (Å²) in [4.78, 5) is 14.4. The zero-order chi connectivity index (χ0) is 14.4. The number of amides is 1. The Labute approximate surface area is 127 Å². The molecule has 20 heavy (non-hydrogen) atoms. The number of hydrogen-bond acceptors (Lipinski definition) is 4. The molecule has 110 valence electrons. The first-order valence-corrected chi connectivity index (χ1v) is 7.42. The van der Waals surface area contributed by atoms with E-state index in [-0.39, 0.29) is 5.91 Å². The first-order valence-electron chi connectivity index (χ1n) is 6.62. The number of methoxy groups -OCH3 is 1. The first kappa shape index (κ1) is 15.3. The molecule has 1 N–H and O–H groups in total. The quantitative estimate of drug-likeness (QED) is 0.881. The van der Waals surface area contributed by atoms with Gasteiger partial charge in [-0.15, -0.1) is 0 Å². The van der Waals surface area contributed by atoms with E-state index in [4.69, 9.17) is 9.47 Å². The van der Waals surface area contributed by atoms with Crippen LogP contribution in [-0.4, -0.2) is 57.3 Å². The molecule has 1 aliphatic heterocycles. The van der Waals surface area contributed by atoms with Gasteiger partial charge in [0.15, 0.2) is 0 Å². The van der Waals surface area contributed by atoms with Gasteiger partial charge in [-0.25, -0.2) is 0 Å². The largest absolute Gasteiger partial charge is 0.496 e. The lowest BCUT2D eigenvalue weighted by atomic mass is 10.2. The van der Waals surface area contributed by atoms with E-state index in [1.807, 2.05) is 6.07 Å². The molecule has 0 unspecified atom stereocenters. The van der Waals surface area contributed by atoms with Crippen LogP contribution >= 0.6 is 15.9 Å². The van der Waals surface area contributed by atoms with Gasteiger partial charge < -0.3 is 14.8 Å². The van der Waals surface area contributed by atoms with Crippen molar-refractivity contribution < 1.29 is 14.3 Å². The number of carbonyl (C=O) groups excluding carboxylic acids is 1. The van der Waals surface area contributed by atoms with Gasteiger partial charge in [-0.1, -0.05) is 15.9 Å². The van der Waals surface area contributed by atoms with Crippen molar-refractivity contribution in [2.75, 3.05) is 46.5 Å². The Hall–Kier alpha value is -1.11. The highest BCUT2D eigenvalue weighted by atomic mass is 79.9. The Morgan fingerprint density at radius 3 is 2.90 bits per heavy atom. The molecule has 0 atom stereocenters. The molecule has 1 aromatic carbocycles. The summed E-state index contributed by atoms with van der Waals surface area (Å²) < 4.78 is 11.4. The molecule has 0 bridgehead atoms. The molecule has 1 amide bonds. The minimum atomic E-state index is -0.109. The van der Waals surface area contributed by atoms with Crippen LogP contribution in [0.4, 0.5) is 0 Å². The second-order valence-corrected chi connectivity index (χ2v) is 5.47. The summed E-state index contributed by atoms with van der Waals surface area (Å²) in [6.45, 7) is 4.86. The standard InChI is InChI=1S/C14H19BrN2O3/c1-19-13-10-11(15)2-3-12(13)14(18)16-4-5-17-6-8-20-9-7-17/h2-3,10H,4-9H2,1H3,(H,16,18). The van der Waals surface area contributed by atoms with Crippen LogP contribution in [0.25, 0.3) is 0 Å². The van der Waals surface area contributed by atoms with Gasteiger partial charge in [0, 0.05) is 30.7 Å². The predicted octanol–water partition coefficient (Wildman–Crippen LogP) is 1.52. The van der Waals surface area contributed by atoms with Crippen molar-refractivity contribution in [1.29, 1.82) is 0 Å². The maximum Gasteiger partial charge on any atom is 0.255 e. The van der Waals surface area contributed by atoms with E-state index in [0.717, 1.165) is 37.3 Å². The van der Waals surface area contributed by atoms with Crippen LogP contribution in [0.5, 0.6) is 5.75 Å². The van der Waals surface area contributed by atoms with Crippen LogP contribution in [0, 0.1) is 0 Å². The summed E-state index contributed by atoms with van der Waals surface area (Å²) in [6, 6.07) is 5.38. The second-order valence-electron chi connectivity index (χ2n) is 4.55. The lowest BCUT2D eigenvalue weighted by molar-refractivity contribution is 0.0383. The third kappa shape index (κ3) is 4.19. The number of rotatable bonds is 5. The highest BCUT2D eigenvalue weighted by molar-refractivity contribution is 9.10. The normalized spacial score (nSPS) is 15.9. The van der Waals surface area contributed by atoms with E-state index >= 15 is 0 Å². The van der Waals surface area contributed by atoms with Crippen molar-refractivity contribution in [3.8, 4) is 5.75 Å². The van der Waals surface area contributed by atoms with Gasteiger partial charge in [-0.05, 0) is 18.2 Å². The van der Waals surface area contributed by atoms with Crippen LogP contribution in [-0.2, 0) is 4.74 Å². The fraction of sp³-hybridized carbons (Fsp3) is 0.500. The summed E-state index contributed by atoms with van der Waals surface area (Å²) in [7, 11) is 1.56. The van der Waals surface area contributed by atoms with Crippen molar-refractivity contribution in [2.45, 2.75) is 0 Å². The van der Waals surface area contributed by atoms with Crippen molar-refractivity contribution in [3.63, 3.8) is 0 Å². The van der Waals surface area contributed by atoms with Crippen LogP contribution in [0.2, 0.25) is 0 Å². The Morgan fingerprint density at radius 1 is 1.45 bits per heavy atom. The third-order valence-corrected chi connectivity index (χ3v) is 3.72. The lowest BCUT2D eigenvalue weighted by Gasteiger charge is -2.26. The minimum Gasteiger partial charge on any atom is -0.496 e. The molecule has 6 heteroatoms. The van der Waals surface area contributed by atoms with Gasteiger partial charge in [-0.3, -0.25) is 9.69 Å². The van der Waals surface area contributed by atoms with Crippen molar-refractivity contribution >= 4 is 21.8 Å². The number of carbonyl (C=O) groups is 1. The molecule has 1 fully saturated rings. The zero-order valence-corrected chi connectivity index (χ0v) is 13.1. The SMILES string of the molecule is COc1cc(Br)ccc1C(=O)NCCN1CCOCC1. The van der Waals surface area contributed by atoms with Crippen molar-refractivity contribution in [1.82, 2.24) is 10.2 Å². The summed E-state index contributed by atoms with van der Waals surface area (Å²) >= 11 is 3.36. The van der Waals surface area contributed by atoms with E-state index in [9.17, 15) is 4.79 Å². The third-order valence-electron chi connectivity index (χ3n) is 3.23. The molecule has 1 saturated heterocycles. The van der Waals surface area contributed by atoms with E-state index in [1.54, 1.807) is 19.2 Å². The average Bonchev–Trinajstić information content (AvgIpc) is 2.48. The topological polar surface area (TPSA) is 50.8 Å². The maximum absolute atomic E-state index is 12.1. The van der Waals surface area contributed by atoms with Crippen LogP contribution in [0.3, 0.4) is 0 Å². The van der Waals surface area contributed by atoms with Crippen LogP contribution in [0.1, 0.15) is 10.4 Å². The van der Waals surface area contributed by atoms with E-state index in [2.05, 4.69) is 26.1 Å². The smallest absolute Gasteiger partial charge is 0.255 e. The van der Waals surface area contributed by atoms with Gasteiger partial charge in [0.1, 0.15) is 5.75 Å². The number of ether oxygens (including phenoxy) is 2. The Morgan fingerprint density at radius 2 is 2.20 bits per heavy atom. The highest BCUT2D eigenvalue weighted by Gasteiger charge is 2.14. The zero-order valence-electron chi connectivity index (χ0n) is 11.5. The van der Waals surface area contributed by atoms with Gasteiger partial charge in [0.2, 0.25) is 0 Å². The summed E-state index contributed by atoms with van der Waals surface area (Å²) in [5, 5.41) is 2.92. The molecule has 0 aromatic heterocycles. The van der Waals surface area contributed by atoms with Gasteiger partial charge >= 0.3 is 0 Å². The number of benzene rings is 1. The van der Waals surface area contributed by atoms with Crippen LogP contribution < -0.4 is 10.1 Å². The summed E-state index contributed by atoms with van der Waals surface area (Å²) in [5.41, 5.74) is 0.553. The molecule has 0 aliphatic carbocycles. The highest BCUT2D eigenvalue weighted by Crippen LogP contribution is 2.23. The molecular weight excluding hydrogens is 324 g/mol. The average molecular weight is 343 g/mol. The molecule has 0 saturated carbocycles. The Kier molecular flexibility index (Phi) is 5.82. The molecule has 0 radical (unpaired) electrons. The Balaban J connectivity index is 1.85. The lowest BCUT2D eigenvalue weighted by Crippen LogP contribution is -2.41. The molecule has 1 aliphatic rings. The number of hydrogen-bond donors (Lipinski definition) is 1. The van der Waals surface area contributed by atoms with E-state index in [1.165, 1.54) is 0 Å². The molecule has 1 heterocycles. The Bertz CT molecular complexity index is 462.